The zero-order valence-corrected chi connectivity index (χ0v) is 25.3. The lowest BCUT2D eigenvalue weighted by Crippen LogP contribution is -2.50. The zero-order chi connectivity index (χ0) is 26.2. The van der Waals surface area contributed by atoms with Crippen LogP contribution in [-0.4, -0.2) is 8.32 Å². The molecule has 1 aliphatic rings. The van der Waals surface area contributed by atoms with E-state index in [1.807, 2.05) is 46.9 Å². The van der Waals surface area contributed by atoms with Gasteiger partial charge in [0.05, 0.1) is 0 Å². The second-order valence-electron chi connectivity index (χ2n) is 11.1. The Bertz CT molecular complexity index is 1180. The van der Waals surface area contributed by atoms with Crippen LogP contribution in [-0.2, 0) is 6.42 Å². The average Bonchev–Trinajstić information content (AvgIpc) is 2.83. The molecule has 0 aliphatic heterocycles. The molecule has 1 nitrogen and oxygen atoms in total. The third-order valence-corrected chi connectivity index (χ3v) is 15.1. The van der Waals surface area contributed by atoms with Gasteiger partial charge in [0.15, 0.2) is 0 Å². The van der Waals surface area contributed by atoms with Crippen molar-refractivity contribution >= 4 is 30.9 Å². The van der Waals surface area contributed by atoms with E-state index in [2.05, 4.69) is 59.7 Å². The Hall–Kier alpha value is -1.73. The summed E-state index contributed by atoms with van der Waals surface area (Å²) in [6.07, 6.45) is 1.83. The van der Waals surface area contributed by atoms with Gasteiger partial charge in [0.25, 0.3) is 8.32 Å². The quantitative estimate of drug-likeness (QED) is 0.189. The fraction of sp³-hybridized carbons (Fsp3) is 0.419. The number of hydrogen-bond acceptors (Lipinski definition) is 1. The molecular formula is C31H37F2IOSi. The molecule has 4 rings (SSSR count). The van der Waals surface area contributed by atoms with E-state index < -0.39 is 8.32 Å². The van der Waals surface area contributed by atoms with Gasteiger partial charge in [0.2, 0.25) is 0 Å². The highest BCUT2D eigenvalue weighted by atomic mass is 127. The van der Waals surface area contributed by atoms with Crippen molar-refractivity contribution in [3.63, 3.8) is 0 Å². The molecule has 0 radical (unpaired) electrons. The summed E-state index contributed by atoms with van der Waals surface area (Å²) < 4.78 is 36.0. The molecule has 0 N–H and O–H groups in total. The fourth-order valence-corrected chi connectivity index (χ4v) is 12.2. The van der Waals surface area contributed by atoms with Crippen LogP contribution in [0.2, 0.25) is 16.6 Å². The Balaban J connectivity index is 1.79. The van der Waals surface area contributed by atoms with Gasteiger partial charge < -0.3 is 4.43 Å². The molecule has 0 spiro atoms. The number of aryl methyl sites for hydroxylation is 1. The highest BCUT2D eigenvalue weighted by Crippen LogP contribution is 2.48. The molecule has 36 heavy (non-hydrogen) atoms. The van der Waals surface area contributed by atoms with Gasteiger partial charge in [-0.2, -0.15) is 0 Å². The van der Waals surface area contributed by atoms with Crippen LogP contribution in [0.25, 0.3) is 0 Å². The highest BCUT2D eigenvalue weighted by molar-refractivity contribution is 14.1. The average molecular weight is 619 g/mol. The zero-order valence-electron chi connectivity index (χ0n) is 22.1. The molecule has 2 atom stereocenters. The van der Waals surface area contributed by atoms with Crippen molar-refractivity contribution in [2.75, 3.05) is 0 Å². The normalized spacial score (nSPS) is 18.1. The Morgan fingerprint density at radius 3 is 2.00 bits per heavy atom. The molecule has 192 valence electrons. The van der Waals surface area contributed by atoms with E-state index >= 15 is 0 Å². The van der Waals surface area contributed by atoms with Gasteiger partial charge in [0, 0.05) is 9.49 Å². The number of halogens is 3. The third-order valence-electron chi connectivity index (χ3n) is 8.18. The maximum Gasteiger partial charge on any atom is 0.258 e. The summed E-state index contributed by atoms with van der Waals surface area (Å²) in [5, 5.41) is 0. The van der Waals surface area contributed by atoms with Crippen LogP contribution >= 0.6 is 22.6 Å². The van der Waals surface area contributed by atoms with Crippen molar-refractivity contribution in [3.05, 3.63) is 98.1 Å². The van der Waals surface area contributed by atoms with E-state index in [9.17, 15) is 8.78 Å². The number of fused-ring (bicyclic) bond motifs is 1. The molecule has 1 aliphatic carbocycles. The second-order valence-corrected chi connectivity index (χ2v) is 17.7. The first-order valence-corrected chi connectivity index (χ1v) is 16.3. The number of hydrogen-bond donors (Lipinski definition) is 0. The van der Waals surface area contributed by atoms with Crippen molar-refractivity contribution in [2.45, 2.75) is 82.8 Å². The molecule has 0 saturated carbocycles. The highest BCUT2D eigenvalue weighted by Gasteiger charge is 2.47. The predicted molar refractivity (Wildman–Crippen MR) is 157 cm³/mol. The number of rotatable bonds is 7. The maximum atomic E-state index is 14.7. The van der Waals surface area contributed by atoms with Gasteiger partial charge in [-0.3, -0.25) is 0 Å². The Morgan fingerprint density at radius 2 is 1.42 bits per heavy atom. The van der Waals surface area contributed by atoms with Crippen LogP contribution in [0.1, 0.15) is 82.1 Å². The first-order chi connectivity index (χ1) is 17.0. The smallest absolute Gasteiger partial charge is 0.258 e. The number of benzene rings is 3. The molecule has 0 saturated heterocycles. The molecule has 3 aromatic carbocycles. The van der Waals surface area contributed by atoms with Crippen molar-refractivity contribution in [2.24, 2.45) is 0 Å². The van der Waals surface area contributed by atoms with E-state index in [0.717, 1.165) is 29.7 Å². The minimum atomic E-state index is -2.07. The second kappa shape index (κ2) is 10.9. The van der Waals surface area contributed by atoms with Gasteiger partial charge in [-0.15, -0.1) is 0 Å². The molecular weight excluding hydrogens is 581 g/mol. The summed E-state index contributed by atoms with van der Waals surface area (Å²) in [6.45, 7) is 13.8. The molecule has 0 bridgehead atoms. The van der Waals surface area contributed by atoms with E-state index in [1.165, 1.54) is 23.3 Å². The summed E-state index contributed by atoms with van der Waals surface area (Å²) in [5.41, 5.74) is 6.05. The summed E-state index contributed by atoms with van der Waals surface area (Å²) in [7, 11) is -2.07. The lowest BCUT2D eigenvalue weighted by Gasteiger charge is -2.42. The Morgan fingerprint density at radius 1 is 0.806 bits per heavy atom. The first-order valence-electron chi connectivity index (χ1n) is 13.1. The largest absolute Gasteiger partial charge is 0.543 e. The van der Waals surface area contributed by atoms with Crippen LogP contribution in [0.15, 0.2) is 60.7 Å². The van der Waals surface area contributed by atoms with Gasteiger partial charge in [0.1, 0.15) is 17.4 Å². The van der Waals surface area contributed by atoms with Gasteiger partial charge in [-0.25, -0.2) is 8.78 Å². The summed E-state index contributed by atoms with van der Waals surface area (Å²) in [5.74, 6) is 0.687. The third kappa shape index (κ3) is 5.15. The lowest BCUT2D eigenvalue weighted by atomic mass is 9.69. The molecule has 0 heterocycles. The van der Waals surface area contributed by atoms with E-state index in [-0.39, 0.29) is 23.5 Å². The van der Waals surface area contributed by atoms with Gasteiger partial charge in [-0.1, -0.05) is 65.8 Å². The SMILES string of the molecule is CC(C)[Si](Oc1ccc2c(c1)CC[C@H](c1ccc(F)cc1)[C@@H]2c1ccc(I)c(F)c1)(C(C)C)C(C)C. The minimum absolute atomic E-state index is 0.00191. The van der Waals surface area contributed by atoms with Gasteiger partial charge in [-0.05, 0) is 117 Å². The Kier molecular flexibility index (Phi) is 8.30. The van der Waals surface area contributed by atoms with Crippen molar-refractivity contribution in [3.8, 4) is 5.75 Å². The van der Waals surface area contributed by atoms with E-state index in [1.54, 1.807) is 6.07 Å². The monoisotopic (exact) mass is 618 g/mol. The molecule has 0 unspecified atom stereocenters. The van der Waals surface area contributed by atoms with Crippen LogP contribution in [0.4, 0.5) is 8.78 Å². The van der Waals surface area contributed by atoms with Crippen molar-refractivity contribution in [1.82, 2.24) is 0 Å². The summed E-state index contributed by atoms with van der Waals surface area (Å²) >= 11 is 2.04. The van der Waals surface area contributed by atoms with Crippen molar-refractivity contribution in [1.29, 1.82) is 0 Å². The van der Waals surface area contributed by atoms with Crippen molar-refractivity contribution < 1.29 is 13.2 Å². The Labute approximate surface area is 229 Å². The maximum absolute atomic E-state index is 14.7. The molecule has 0 amide bonds. The molecule has 5 heteroatoms. The minimum Gasteiger partial charge on any atom is -0.543 e. The molecule has 3 aromatic rings. The van der Waals surface area contributed by atoms with Crippen LogP contribution in [0.5, 0.6) is 5.75 Å². The standard InChI is InChI=1S/C31H37F2IOSi/c1-19(2)36(20(3)4,21(5)6)35-26-13-15-28-23(17-26)9-14-27(22-7-11-25(32)12-8-22)31(28)24-10-16-30(34)29(33)18-24/h7-8,10-13,15-21,27,31H,9,14H2,1-6H3/t27-,31+/m1/s1. The summed E-state index contributed by atoms with van der Waals surface area (Å²) in [4.78, 5) is 0. The van der Waals surface area contributed by atoms with E-state index in [4.69, 9.17) is 4.43 Å². The van der Waals surface area contributed by atoms with Crippen LogP contribution in [0.3, 0.4) is 0 Å². The lowest BCUT2D eigenvalue weighted by molar-refractivity contribution is 0.474. The molecule has 0 fully saturated rings. The molecule has 0 aromatic heterocycles. The van der Waals surface area contributed by atoms with Gasteiger partial charge >= 0.3 is 0 Å². The first kappa shape index (κ1) is 27.3. The fourth-order valence-electron chi connectivity index (χ4n) is 6.60. The van der Waals surface area contributed by atoms with Crippen LogP contribution in [0, 0.1) is 15.2 Å². The van der Waals surface area contributed by atoms with E-state index in [0.29, 0.717) is 20.2 Å². The summed E-state index contributed by atoms with van der Waals surface area (Å²) in [6, 6.07) is 18.9. The topological polar surface area (TPSA) is 9.23 Å². The predicted octanol–water partition coefficient (Wildman–Crippen LogP) is 9.99. The van der Waals surface area contributed by atoms with Crippen LogP contribution < -0.4 is 4.43 Å².